The van der Waals surface area contributed by atoms with Crippen molar-refractivity contribution in [2.75, 3.05) is 36.4 Å². The summed E-state index contributed by atoms with van der Waals surface area (Å²) in [6.07, 6.45) is 4.91. The monoisotopic (exact) mass is 479 g/mol. The van der Waals surface area contributed by atoms with Crippen molar-refractivity contribution in [1.29, 1.82) is 0 Å². The van der Waals surface area contributed by atoms with E-state index in [1.165, 1.54) is 18.4 Å². The summed E-state index contributed by atoms with van der Waals surface area (Å²) in [5.41, 5.74) is -0.127. The van der Waals surface area contributed by atoms with E-state index in [9.17, 15) is 9.59 Å². The van der Waals surface area contributed by atoms with E-state index < -0.39 is 17.3 Å². The first kappa shape index (κ1) is 23.3. The van der Waals surface area contributed by atoms with Gasteiger partial charge in [-0.05, 0) is 57.7 Å². The molecule has 0 radical (unpaired) electrons. The molecule has 2 aliphatic rings. The van der Waals surface area contributed by atoms with Crippen molar-refractivity contribution >= 4 is 34.3 Å². The summed E-state index contributed by atoms with van der Waals surface area (Å²) in [4.78, 5) is 41.6. The van der Waals surface area contributed by atoms with Crippen molar-refractivity contribution in [1.82, 2.24) is 24.8 Å². The number of fused-ring (bicyclic) bond motifs is 1. The summed E-state index contributed by atoms with van der Waals surface area (Å²) in [7, 11) is 0. The van der Waals surface area contributed by atoms with E-state index in [2.05, 4.69) is 30.5 Å². The van der Waals surface area contributed by atoms with E-state index in [4.69, 9.17) is 0 Å². The fraction of sp³-hybridized carbons (Fsp3) is 0.480. The molecule has 1 saturated carbocycles. The number of hydrogen-bond donors (Lipinski definition) is 2. The summed E-state index contributed by atoms with van der Waals surface area (Å²) < 4.78 is 16.8. The van der Waals surface area contributed by atoms with Crippen LogP contribution in [0.15, 0.2) is 29.3 Å². The smallest absolute Gasteiger partial charge is 0.263 e. The minimum atomic E-state index is -1.57. The van der Waals surface area contributed by atoms with Crippen LogP contribution < -0.4 is 21.1 Å². The first-order valence-electron chi connectivity index (χ1n) is 12.1. The highest BCUT2D eigenvalue weighted by Crippen LogP contribution is 2.42. The molecule has 2 N–H and O–H groups in total. The van der Waals surface area contributed by atoms with Crippen molar-refractivity contribution in [3.63, 3.8) is 0 Å². The van der Waals surface area contributed by atoms with Gasteiger partial charge in [0.15, 0.2) is 5.78 Å². The van der Waals surface area contributed by atoms with Crippen LogP contribution in [0.5, 0.6) is 0 Å². The van der Waals surface area contributed by atoms with Gasteiger partial charge in [-0.25, -0.2) is 14.4 Å². The number of halogens is 1. The van der Waals surface area contributed by atoms with E-state index in [0.717, 1.165) is 31.9 Å². The number of carbonyl (C=O) groups excluding carboxylic acids is 1. The Morgan fingerprint density at radius 1 is 1.23 bits per heavy atom. The first-order valence-corrected chi connectivity index (χ1v) is 12.1. The summed E-state index contributed by atoms with van der Waals surface area (Å²) in [5, 5.41) is 6.99. The molecule has 0 bridgehead atoms. The Morgan fingerprint density at radius 3 is 2.63 bits per heavy atom. The normalized spacial score (nSPS) is 22.5. The average Bonchev–Trinajstić information content (AvgIpc) is 3.18. The predicted octanol–water partition coefficient (Wildman–Crippen LogP) is 3.30. The molecule has 1 aliphatic carbocycles. The Hall–Kier alpha value is -3.40. The van der Waals surface area contributed by atoms with Gasteiger partial charge in [-0.2, -0.15) is 4.98 Å². The lowest BCUT2D eigenvalue weighted by Gasteiger charge is -2.29. The fourth-order valence-electron chi connectivity index (χ4n) is 5.29. The summed E-state index contributed by atoms with van der Waals surface area (Å²) in [6.45, 7) is 8.32. The molecule has 0 spiro atoms. The molecule has 1 saturated heterocycles. The molecular weight excluding hydrogens is 449 g/mol. The number of alkyl halides is 1. The van der Waals surface area contributed by atoms with Gasteiger partial charge < -0.3 is 15.5 Å². The van der Waals surface area contributed by atoms with Crippen molar-refractivity contribution in [3.8, 4) is 0 Å². The second kappa shape index (κ2) is 8.99. The van der Waals surface area contributed by atoms with Gasteiger partial charge in [0.05, 0.1) is 23.5 Å². The summed E-state index contributed by atoms with van der Waals surface area (Å²) in [6, 6.07) is 3.15. The quantitative estimate of drug-likeness (QED) is 0.537. The lowest BCUT2D eigenvalue weighted by atomic mass is 9.99. The zero-order valence-electron chi connectivity index (χ0n) is 20.3. The minimum absolute atomic E-state index is 0.0645. The Labute approximate surface area is 202 Å². The third kappa shape index (κ3) is 4.27. The number of ketones is 1. The molecule has 2 atom stereocenters. The number of nitrogens with one attached hydrogen (secondary N) is 2. The average molecular weight is 480 g/mol. The molecule has 35 heavy (non-hydrogen) atoms. The van der Waals surface area contributed by atoms with Crippen LogP contribution in [0.2, 0.25) is 0 Å². The molecule has 1 aliphatic heterocycles. The van der Waals surface area contributed by atoms with E-state index in [1.54, 1.807) is 19.3 Å². The largest absolute Gasteiger partial charge is 0.368 e. The number of rotatable bonds is 5. The fourth-order valence-corrected chi connectivity index (χ4v) is 5.29. The Kier molecular flexibility index (Phi) is 6.00. The van der Waals surface area contributed by atoms with Crippen molar-refractivity contribution in [2.45, 2.75) is 51.7 Å². The molecule has 184 valence electrons. The van der Waals surface area contributed by atoms with Crippen LogP contribution in [-0.4, -0.2) is 57.2 Å². The maximum atomic E-state index is 15.4. The third-order valence-corrected chi connectivity index (χ3v) is 7.18. The van der Waals surface area contributed by atoms with Gasteiger partial charge in [-0.15, -0.1) is 0 Å². The van der Waals surface area contributed by atoms with Gasteiger partial charge in [0.1, 0.15) is 17.1 Å². The van der Waals surface area contributed by atoms with Crippen LogP contribution in [0.25, 0.3) is 11.0 Å². The lowest BCUT2D eigenvalue weighted by Crippen LogP contribution is -2.43. The lowest BCUT2D eigenvalue weighted by molar-refractivity contribution is 0.101. The number of pyridine rings is 2. The molecule has 3 aromatic heterocycles. The highest BCUT2D eigenvalue weighted by molar-refractivity contribution is 5.99. The van der Waals surface area contributed by atoms with Gasteiger partial charge in [-0.1, -0.05) is 0 Å². The molecular formula is C25H30FN7O2. The highest BCUT2D eigenvalue weighted by atomic mass is 19.1. The molecule has 3 aromatic rings. The maximum Gasteiger partial charge on any atom is 0.263 e. The number of hydrogen-bond acceptors (Lipinski definition) is 8. The highest BCUT2D eigenvalue weighted by Gasteiger charge is 2.42. The van der Waals surface area contributed by atoms with Gasteiger partial charge in [0, 0.05) is 37.8 Å². The van der Waals surface area contributed by atoms with Crippen LogP contribution in [0.3, 0.4) is 0 Å². The number of piperazine rings is 1. The number of anilines is 3. The number of nitrogens with zero attached hydrogens (tertiary/aromatic N) is 5. The van der Waals surface area contributed by atoms with Gasteiger partial charge in [-0.3, -0.25) is 14.2 Å². The molecule has 0 amide bonds. The number of aryl methyl sites for hydroxylation is 1. The molecule has 0 aromatic carbocycles. The van der Waals surface area contributed by atoms with E-state index in [1.807, 2.05) is 12.1 Å². The molecule has 5 rings (SSSR count). The number of carbonyl (C=O) groups is 1. The van der Waals surface area contributed by atoms with E-state index >= 15 is 4.39 Å². The number of aromatic nitrogens is 4. The van der Waals surface area contributed by atoms with Crippen LogP contribution >= 0.6 is 0 Å². The standard InChI is InChI=1S/C25H30FN7O2/c1-15-18-14-29-24(30-20-7-6-17(13-28-20)32-11-9-27-10-12-32)31-22(18)33(23(35)21(15)16(2)34)19-5-4-8-25(19,3)26/h6-7,13-14,19,27H,4-5,8-12H2,1-3H3,(H,28,29,30,31). The Morgan fingerprint density at radius 2 is 2.00 bits per heavy atom. The summed E-state index contributed by atoms with van der Waals surface area (Å²) in [5.74, 6) is 0.463. The number of Topliss-reactive ketones (excluding diaryl/α,β-unsaturated/α-hetero) is 1. The zero-order valence-corrected chi connectivity index (χ0v) is 20.3. The van der Waals surface area contributed by atoms with Gasteiger partial charge in [0.25, 0.3) is 5.56 Å². The Bertz CT molecular complexity index is 1330. The Balaban J connectivity index is 1.55. The minimum Gasteiger partial charge on any atom is -0.368 e. The van der Waals surface area contributed by atoms with Crippen LogP contribution in [-0.2, 0) is 0 Å². The topological polar surface area (TPSA) is 105 Å². The second-order valence-electron chi connectivity index (χ2n) is 9.61. The molecule has 2 fully saturated rings. The second-order valence-corrected chi connectivity index (χ2v) is 9.61. The van der Waals surface area contributed by atoms with E-state index in [-0.39, 0.29) is 17.3 Å². The maximum absolute atomic E-state index is 15.4. The van der Waals surface area contributed by atoms with Gasteiger partial charge in [0.2, 0.25) is 5.95 Å². The molecule has 4 heterocycles. The van der Waals surface area contributed by atoms with Crippen LogP contribution in [0.1, 0.15) is 55.1 Å². The van der Waals surface area contributed by atoms with Crippen molar-refractivity contribution in [2.24, 2.45) is 0 Å². The third-order valence-electron chi connectivity index (χ3n) is 7.18. The molecule has 9 nitrogen and oxygen atoms in total. The predicted molar refractivity (Wildman–Crippen MR) is 134 cm³/mol. The zero-order chi connectivity index (χ0) is 24.7. The molecule has 2 unspecified atom stereocenters. The van der Waals surface area contributed by atoms with Crippen LogP contribution in [0, 0.1) is 6.92 Å². The van der Waals surface area contributed by atoms with Gasteiger partial charge >= 0.3 is 0 Å². The van der Waals surface area contributed by atoms with Crippen molar-refractivity contribution in [3.05, 3.63) is 46.0 Å². The van der Waals surface area contributed by atoms with E-state index in [0.29, 0.717) is 41.7 Å². The first-order chi connectivity index (χ1) is 16.8. The SMILES string of the molecule is CC(=O)c1c(C)c2cnc(Nc3ccc(N4CCNCC4)cn3)nc2n(C2CCCC2(C)F)c1=O. The van der Waals surface area contributed by atoms with Crippen LogP contribution in [0.4, 0.5) is 21.8 Å². The summed E-state index contributed by atoms with van der Waals surface area (Å²) >= 11 is 0. The molecule has 10 heteroatoms. The van der Waals surface area contributed by atoms with Crippen molar-refractivity contribution < 1.29 is 9.18 Å².